The number of hydrogen-bond donors (Lipinski definition) is 1. The summed E-state index contributed by atoms with van der Waals surface area (Å²) in [4.78, 5) is 21.5. The van der Waals surface area contributed by atoms with Gasteiger partial charge in [-0.1, -0.05) is 11.6 Å². The summed E-state index contributed by atoms with van der Waals surface area (Å²) in [5.74, 6) is -0.786. The van der Waals surface area contributed by atoms with E-state index < -0.39 is 5.91 Å². The summed E-state index contributed by atoms with van der Waals surface area (Å²) in [6.07, 6.45) is 0.119. The van der Waals surface area contributed by atoms with E-state index in [0.717, 1.165) is 0 Å². The van der Waals surface area contributed by atoms with E-state index in [-0.39, 0.29) is 23.2 Å². The topological polar surface area (TPSA) is 46.2 Å². The van der Waals surface area contributed by atoms with Crippen molar-refractivity contribution in [1.82, 2.24) is 5.32 Å². The minimum Gasteiger partial charge on any atom is -0.291 e. The lowest BCUT2D eigenvalue weighted by atomic mass is 10.1. The molecule has 0 aromatic rings. The third-order valence-corrected chi connectivity index (χ3v) is 2.06. The molecule has 0 unspecified atom stereocenters. The predicted molar refractivity (Wildman–Crippen MR) is 41.4 cm³/mol. The van der Waals surface area contributed by atoms with Crippen molar-refractivity contribution >= 4 is 35.0 Å². The van der Waals surface area contributed by atoms with Gasteiger partial charge in [-0.25, -0.2) is 0 Å². The van der Waals surface area contributed by atoms with Crippen LogP contribution in [0.2, 0.25) is 0 Å². The summed E-state index contributed by atoms with van der Waals surface area (Å²) in [6, 6.07) is 0. The van der Waals surface area contributed by atoms with E-state index in [1.807, 2.05) is 0 Å². The number of halogens is 2. The van der Waals surface area contributed by atoms with E-state index in [0.29, 0.717) is 5.57 Å². The molecule has 2 amide bonds. The fourth-order valence-corrected chi connectivity index (χ4v) is 1.24. The smallest absolute Gasteiger partial charge is 0.269 e. The second-order valence-corrected chi connectivity index (χ2v) is 2.75. The number of rotatable bonds is 1. The van der Waals surface area contributed by atoms with Gasteiger partial charge in [0.25, 0.3) is 5.91 Å². The molecular weight excluding hydrogens is 189 g/mol. The van der Waals surface area contributed by atoms with Gasteiger partial charge in [0.2, 0.25) is 5.91 Å². The van der Waals surface area contributed by atoms with Crippen molar-refractivity contribution < 1.29 is 9.59 Å². The lowest BCUT2D eigenvalue weighted by Crippen LogP contribution is -2.35. The van der Waals surface area contributed by atoms with Crippen LogP contribution in [-0.4, -0.2) is 17.7 Å². The third kappa shape index (κ3) is 1.73. The van der Waals surface area contributed by atoms with Crippen molar-refractivity contribution in [2.75, 3.05) is 5.88 Å². The minimum absolute atomic E-state index is 0.0413. The van der Waals surface area contributed by atoms with Gasteiger partial charge in [-0.15, -0.1) is 11.6 Å². The summed E-state index contributed by atoms with van der Waals surface area (Å²) in [5.41, 5.74) is 0.488. The monoisotopic (exact) mass is 193 g/mol. The van der Waals surface area contributed by atoms with Crippen LogP contribution in [0.25, 0.3) is 0 Å². The summed E-state index contributed by atoms with van der Waals surface area (Å²) >= 11 is 11.0. The fraction of sp³-hybridized carbons (Fsp3) is 0.333. The molecule has 0 saturated carbocycles. The van der Waals surface area contributed by atoms with Gasteiger partial charge in [0.05, 0.1) is 6.42 Å². The normalized spacial score (nSPS) is 18.7. The Balaban J connectivity index is 2.94. The summed E-state index contributed by atoms with van der Waals surface area (Å²) < 4.78 is 0. The van der Waals surface area contributed by atoms with Crippen molar-refractivity contribution in [3.05, 3.63) is 10.6 Å². The molecule has 5 heteroatoms. The maximum atomic E-state index is 10.8. The van der Waals surface area contributed by atoms with Gasteiger partial charge in [0.1, 0.15) is 5.03 Å². The number of carbonyl (C=O) groups excluding carboxylic acids is 2. The Morgan fingerprint density at radius 2 is 2.09 bits per heavy atom. The zero-order valence-electron chi connectivity index (χ0n) is 5.49. The molecule has 1 N–H and O–H groups in total. The van der Waals surface area contributed by atoms with E-state index in [1.54, 1.807) is 0 Å². The van der Waals surface area contributed by atoms with E-state index in [4.69, 9.17) is 23.2 Å². The Morgan fingerprint density at radius 3 is 2.64 bits per heavy atom. The minimum atomic E-state index is -0.557. The van der Waals surface area contributed by atoms with Crippen LogP contribution in [0, 0.1) is 0 Å². The molecule has 60 valence electrons. The number of amides is 2. The SMILES string of the molecule is O=C1CC(CCl)=C(Cl)C(=O)N1. The highest BCUT2D eigenvalue weighted by molar-refractivity contribution is 6.44. The van der Waals surface area contributed by atoms with Crippen LogP contribution < -0.4 is 5.32 Å². The molecule has 0 atom stereocenters. The van der Waals surface area contributed by atoms with Crippen LogP contribution in [0.5, 0.6) is 0 Å². The second kappa shape index (κ2) is 3.24. The highest BCUT2D eigenvalue weighted by Crippen LogP contribution is 2.18. The van der Waals surface area contributed by atoms with Crippen LogP contribution in [-0.2, 0) is 9.59 Å². The molecule has 1 aliphatic heterocycles. The first-order chi connectivity index (χ1) is 5.15. The second-order valence-electron chi connectivity index (χ2n) is 2.11. The van der Waals surface area contributed by atoms with Crippen molar-refractivity contribution in [2.45, 2.75) is 6.42 Å². The standard InChI is InChI=1S/C6H5Cl2NO2/c7-2-3-1-4(10)9-6(11)5(3)8/h1-2H2,(H,9,10,11). The van der Waals surface area contributed by atoms with Crippen LogP contribution >= 0.6 is 23.2 Å². The van der Waals surface area contributed by atoms with Gasteiger partial charge in [-0.05, 0) is 5.57 Å². The first-order valence-electron chi connectivity index (χ1n) is 2.93. The van der Waals surface area contributed by atoms with Gasteiger partial charge >= 0.3 is 0 Å². The maximum absolute atomic E-state index is 10.8. The van der Waals surface area contributed by atoms with E-state index in [2.05, 4.69) is 5.32 Å². The van der Waals surface area contributed by atoms with E-state index in [9.17, 15) is 9.59 Å². The zero-order valence-corrected chi connectivity index (χ0v) is 7.00. The third-order valence-electron chi connectivity index (χ3n) is 1.30. The van der Waals surface area contributed by atoms with Gasteiger partial charge < -0.3 is 0 Å². The average molecular weight is 194 g/mol. The quantitative estimate of drug-likeness (QED) is 0.494. The lowest BCUT2D eigenvalue weighted by molar-refractivity contribution is -0.128. The predicted octanol–water partition coefficient (Wildman–Crippen LogP) is 0.765. The highest BCUT2D eigenvalue weighted by Gasteiger charge is 2.22. The largest absolute Gasteiger partial charge is 0.291 e. The van der Waals surface area contributed by atoms with Gasteiger partial charge in [0.15, 0.2) is 0 Å². The molecule has 3 nitrogen and oxygen atoms in total. The molecule has 0 aromatic carbocycles. The van der Waals surface area contributed by atoms with Crippen LogP contribution in [0.1, 0.15) is 6.42 Å². The lowest BCUT2D eigenvalue weighted by Gasteiger charge is -2.12. The molecule has 0 spiro atoms. The Bertz CT molecular complexity index is 247. The first kappa shape index (κ1) is 8.56. The number of imide groups is 1. The fourth-order valence-electron chi connectivity index (χ4n) is 0.764. The Morgan fingerprint density at radius 1 is 1.45 bits per heavy atom. The molecule has 0 aliphatic carbocycles. The zero-order chi connectivity index (χ0) is 8.43. The number of nitrogens with one attached hydrogen (secondary N) is 1. The average Bonchev–Trinajstić information content (AvgIpc) is 1.96. The van der Waals surface area contributed by atoms with Gasteiger partial charge in [0, 0.05) is 5.88 Å². The first-order valence-corrected chi connectivity index (χ1v) is 3.84. The molecule has 0 fully saturated rings. The van der Waals surface area contributed by atoms with Crippen LogP contribution in [0.3, 0.4) is 0 Å². The molecule has 0 radical (unpaired) electrons. The van der Waals surface area contributed by atoms with Crippen molar-refractivity contribution in [2.24, 2.45) is 0 Å². The highest BCUT2D eigenvalue weighted by atomic mass is 35.5. The molecule has 0 aromatic heterocycles. The Labute approximate surface area is 73.3 Å². The maximum Gasteiger partial charge on any atom is 0.269 e. The summed E-state index contributed by atoms with van der Waals surface area (Å²) in [7, 11) is 0. The van der Waals surface area contributed by atoms with Crippen molar-refractivity contribution in [3.8, 4) is 0 Å². The molecule has 0 bridgehead atoms. The molecule has 1 heterocycles. The number of hydrogen-bond acceptors (Lipinski definition) is 2. The number of carbonyl (C=O) groups is 2. The van der Waals surface area contributed by atoms with Crippen LogP contribution in [0.15, 0.2) is 10.6 Å². The van der Waals surface area contributed by atoms with Crippen molar-refractivity contribution in [3.63, 3.8) is 0 Å². The molecule has 0 saturated heterocycles. The molecule has 11 heavy (non-hydrogen) atoms. The summed E-state index contributed by atoms with van der Waals surface area (Å²) in [5, 5.41) is 2.11. The summed E-state index contributed by atoms with van der Waals surface area (Å²) in [6.45, 7) is 0. The molecular formula is C6H5Cl2NO2. The van der Waals surface area contributed by atoms with Gasteiger partial charge in [-0.3, -0.25) is 14.9 Å². The van der Waals surface area contributed by atoms with E-state index >= 15 is 0 Å². The van der Waals surface area contributed by atoms with Crippen molar-refractivity contribution in [1.29, 1.82) is 0 Å². The Hall–Kier alpha value is -0.540. The van der Waals surface area contributed by atoms with E-state index in [1.165, 1.54) is 0 Å². The molecule has 1 rings (SSSR count). The Kier molecular flexibility index (Phi) is 2.52. The van der Waals surface area contributed by atoms with Crippen LogP contribution in [0.4, 0.5) is 0 Å². The molecule has 1 aliphatic rings. The van der Waals surface area contributed by atoms with Gasteiger partial charge in [-0.2, -0.15) is 0 Å². The number of alkyl halides is 1.